The van der Waals surface area contributed by atoms with Crippen LogP contribution in [0.1, 0.15) is 126 Å². The first kappa shape index (κ1) is 34.5. The van der Waals surface area contributed by atoms with Gasteiger partial charge in [-0.2, -0.15) is 0 Å². The molecule has 0 aromatic heterocycles. The van der Waals surface area contributed by atoms with Crippen molar-refractivity contribution in [1.29, 1.82) is 0 Å². The maximum absolute atomic E-state index is 12.6. The van der Waals surface area contributed by atoms with Crippen molar-refractivity contribution < 1.29 is 19.0 Å². The van der Waals surface area contributed by atoms with Crippen LogP contribution < -0.4 is 5.32 Å². The number of rotatable bonds is 15. The van der Waals surface area contributed by atoms with Crippen molar-refractivity contribution in [3.8, 4) is 0 Å². The molecule has 0 aromatic carbocycles. The molecule has 0 radical (unpaired) electrons. The average molecular weight is 600 g/mol. The van der Waals surface area contributed by atoms with Gasteiger partial charge in [0, 0.05) is 13.0 Å². The number of ether oxygens (including phenoxy) is 3. The van der Waals surface area contributed by atoms with Crippen LogP contribution in [0.15, 0.2) is 23.3 Å². The van der Waals surface area contributed by atoms with Crippen LogP contribution >= 0.6 is 0 Å². The molecule has 0 aliphatic heterocycles. The number of alkyl carbamates (subject to hydrolysis) is 1. The van der Waals surface area contributed by atoms with E-state index in [9.17, 15) is 4.79 Å². The van der Waals surface area contributed by atoms with Gasteiger partial charge in [-0.25, -0.2) is 4.79 Å². The summed E-state index contributed by atoms with van der Waals surface area (Å²) in [5.74, 6) is 5.11. The number of allylic oxidation sites excluding steroid dienone is 2. The molecule has 246 valence electrons. The van der Waals surface area contributed by atoms with Crippen molar-refractivity contribution in [2.24, 2.45) is 46.3 Å². The number of hydrogen-bond acceptors (Lipinski definition) is 4. The lowest BCUT2D eigenvalue weighted by Gasteiger charge is -2.58. The monoisotopic (exact) mass is 599 g/mol. The van der Waals surface area contributed by atoms with Crippen molar-refractivity contribution in [2.75, 3.05) is 33.0 Å². The first-order chi connectivity index (χ1) is 20.6. The van der Waals surface area contributed by atoms with Crippen LogP contribution in [0.4, 0.5) is 4.79 Å². The van der Waals surface area contributed by atoms with Crippen LogP contribution in [0.25, 0.3) is 0 Å². The van der Waals surface area contributed by atoms with Crippen molar-refractivity contribution in [2.45, 2.75) is 132 Å². The molecule has 8 unspecified atom stereocenters. The summed E-state index contributed by atoms with van der Waals surface area (Å²) in [5, 5.41) is 2.89. The zero-order valence-electron chi connectivity index (χ0n) is 28.8. The molecule has 1 amide bonds. The number of carbonyl (C=O) groups excluding carboxylic acids is 1. The molecule has 4 rings (SSSR count). The summed E-state index contributed by atoms with van der Waals surface area (Å²) in [5.41, 5.74) is 3.72. The van der Waals surface area contributed by atoms with Crippen LogP contribution in [0.3, 0.4) is 0 Å². The Labute approximate surface area is 264 Å². The SMILES string of the molecule is CC=C(C)CCOCCOCCNC(=O)OC1CCC2(C)C(=CCC3C2CCC2(C)C(C(C)CCCC(C)C)CCC32)C1. The molecule has 8 atom stereocenters. The van der Waals surface area contributed by atoms with Gasteiger partial charge in [0.15, 0.2) is 0 Å². The zero-order chi connectivity index (χ0) is 31.0. The Morgan fingerprint density at radius 1 is 1.00 bits per heavy atom. The van der Waals surface area contributed by atoms with Gasteiger partial charge in [0.05, 0.1) is 26.4 Å². The Morgan fingerprint density at radius 2 is 1.77 bits per heavy atom. The van der Waals surface area contributed by atoms with E-state index < -0.39 is 0 Å². The summed E-state index contributed by atoms with van der Waals surface area (Å²) in [6, 6.07) is 0. The second-order valence-corrected chi connectivity index (χ2v) is 15.6. The molecule has 0 aromatic rings. The second kappa shape index (κ2) is 15.8. The lowest BCUT2D eigenvalue weighted by atomic mass is 9.47. The van der Waals surface area contributed by atoms with E-state index in [2.05, 4.69) is 65.9 Å². The van der Waals surface area contributed by atoms with Gasteiger partial charge in [0.25, 0.3) is 0 Å². The van der Waals surface area contributed by atoms with Crippen molar-refractivity contribution in [3.05, 3.63) is 23.3 Å². The van der Waals surface area contributed by atoms with E-state index in [0.29, 0.717) is 31.8 Å². The van der Waals surface area contributed by atoms with Crippen molar-refractivity contribution >= 4 is 6.09 Å². The molecule has 43 heavy (non-hydrogen) atoms. The number of carbonyl (C=O) groups is 1. The lowest BCUT2D eigenvalue weighted by Crippen LogP contribution is -2.51. The molecule has 5 heteroatoms. The first-order valence-corrected chi connectivity index (χ1v) is 18.0. The van der Waals surface area contributed by atoms with E-state index in [1.165, 1.54) is 56.9 Å². The highest BCUT2D eigenvalue weighted by molar-refractivity contribution is 5.67. The molecule has 4 aliphatic carbocycles. The van der Waals surface area contributed by atoms with Crippen molar-refractivity contribution in [1.82, 2.24) is 5.32 Å². The predicted octanol–water partition coefficient (Wildman–Crippen LogP) is 9.51. The number of hydrogen-bond donors (Lipinski definition) is 1. The quantitative estimate of drug-likeness (QED) is 0.150. The van der Waals surface area contributed by atoms with E-state index in [-0.39, 0.29) is 17.6 Å². The maximum atomic E-state index is 12.6. The van der Waals surface area contributed by atoms with Gasteiger partial charge < -0.3 is 19.5 Å². The fraction of sp³-hybridized carbons (Fsp3) is 0.868. The molecule has 3 fully saturated rings. The standard InChI is InChI=1S/C38H65NO4/c1-8-28(4)18-22-41-24-25-42-23-21-39-36(40)43-31-16-19-37(6)30(26-31)12-13-32-34-15-14-33(29(5)11-9-10-27(2)3)38(34,7)20-17-35(32)37/h8,12,27,29,31-35H,9-11,13-26H2,1-7H3,(H,39,40). The number of fused-ring (bicyclic) bond motifs is 5. The van der Waals surface area contributed by atoms with Gasteiger partial charge in [0.1, 0.15) is 6.10 Å². The molecule has 5 nitrogen and oxygen atoms in total. The summed E-state index contributed by atoms with van der Waals surface area (Å²) in [6.07, 6.45) is 19.5. The fourth-order valence-electron chi connectivity index (χ4n) is 9.87. The lowest BCUT2D eigenvalue weighted by molar-refractivity contribution is -0.0581. The van der Waals surface area contributed by atoms with Gasteiger partial charge in [-0.05, 0) is 112 Å². The largest absolute Gasteiger partial charge is 0.446 e. The van der Waals surface area contributed by atoms with Crippen LogP contribution in [0.2, 0.25) is 0 Å². The van der Waals surface area contributed by atoms with Crippen LogP contribution in [-0.2, 0) is 14.2 Å². The average Bonchev–Trinajstić information content (AvgIpc) is 3.33. The normalized spacial score (nSPS) is 34.7. The zero-order valence-corrected chi connectivity index (χ0v) is 28.8. The molecule has 1 N–H and O–H groups in total. The van der Waals surface area contributed by atoms with Crippen LogP contribution in [0, 0.1) is 46.3 Å². The summed E-state index contributed by atoms with van der Waals surface area (Å²) in [6.45, 7) is 19.5. The van der Waals surface area contributed by atoms with Crippen LogP contribution in [-0.4, -0.2) is 45.2 Å². The molecule has 4 aliphatic rings. The highest BCUT2D eigenvalue weighted by Crippen LogP contribution is 2.67. The van der Waals surface area contributed by atoms with E-state index in [1.54, 1.807) is 5.57 Å². The number of nitrogens with one attached hydrogen (secondary N) is 1. The predicted molar refractivity (Wildman–Crippen MR) is 177 cm³/mol. The molecule has 0 saturated heterocycles. The summed E-state index contributed by atoms with van der Waals surface area (Å²) < 4.78 is 17.1. The second-order valence-electron chi connectivity index (χ2n) is 15.6. The molecule has 0 bridgehead atoms. The highest BCUT2D eigenvalue weighted by atomic mass is 16.6. The van der Waals surface area contributed by atoms with Crippen LogP contribution in [0.5, 0.6) is 0 Å². The molecule has 0 heterocycles. The Hall–Kier alpha value is -1.33. The summed E-state index contributed by atoms with van der Waals surface area (Å²) >= 11 is 0. The minimum atomic E-state index is -0.308. The Morgan fingerprint density at radius 3 is 2.51 bits per heavy atom. The Kier molecular flexibility index (Phi) is 12.7. The van der Waals surface area contributed by atoms with Gasteiger partial charge in [-0.15, -0.1) is 0 Å². The third-order valence-corrected chi connectivity index (χ3v) is 12.6. The third-order valence-electron chi connectivity index (χ3n) is 12.6. The van der Waals surface area contributed by atoms with Gasteiger partial charge in [-0.1, -0.05) is 77.2 Å². The number of amides is 1. The molecular formula is C38H65NO4. The van der Waals surface area contributed by atoms with E-state index in [0.717, 1.165) is 67.8 Å². The molecule has 0 spiro atoms. The van der Waals surface area contributed by atoms with E-state index in [1.807, 2.05) is 0 Å². The highest BCUT2D eigenvalue weighted by Gasteiger charge is 2.59. The van der Waals surface area contributed by atoms with Gasteiger partial charge in [0.2, 0.25) is 0 Å². The topological polar surface area (TPSA) is 56.8 Å². The third kappa shape index (κ3) is 8.48. The minimum absolute atomic E-state index is 0.0118. The molecular weight excluding hydrogens is 534 g/mol. The maximum Gasteiger partial charge on any atom is 0.407 e. The summed E-state index contributed by atoms with van der Waals surface area (Å²) in [7, 11) is 0. The fourth-order valence-corrected chi connectivity index (χ4v) is 9.87. The molecule has 3 saturated carbocycles. The van der Waals surface area contributed by atoms with Gasteiger partial charge in [-0.3, -0.25) is 0 Å². The van der Waals surface area contributed by atoms with Crippen molar-refractivity contribution in [3.63, 3.8) is 0 Å². The summed E-state index contributed by atoms with van der Waals surface area (Å²) in [4.78, 5) is 12.6. The Bertz CT molecular complexity index is 958. The smallest absolute Gasteiger partial charge is 0.407 e. The first-order valence-electron chi connectivity index (χ1n) is 18.0. The Balaban J connectivity index is 1.20. The van der Waals surface area contributed by atoms with E-state index in [4.69, 9.17) is 14.2 Å². The minimum Gasteiger partial charge on any atom is -0.446 e. The van der Waals surface area contributed by atoms with Gasteiger partial charge >= 0.3 is 6.09 Å². The van der Waals surface area contributed by atoms with E-state index >= 15 is 0 Å².